The summed E-state index contributed by atoms with van der Waals surface area (Å²) < 4.78 is 23.2. The van der Waals surface area contributed by atoms with Gasteiger partial charge in [0.2, 0.25) is 11.8 Å². The molecule has 1 fully saturated rings. The molecule has 10 heteroatoms. The summed E-state index contributed by atoms with van der Waals surface area (Å²) in [6, 6.07) is 3.45. The number of hydrogen-bond donors (Lipinski definition) is 1. The molecular weight excluding hydrogens is 365 g/mol. The van der Waals surface area contributed by atoms with Crippen LogP contribution in [0.3, 0.4) is 0 Å². The van der Waals surface area contributed by atoms with Crippen molar-refractivity contribution in [3.63, 3.8) is 0 Å². The minimum absolute atomic E-state index is 0.00907. The van der Waals surface area contributed by atoms with Gasteiger partial charge in [0, 0.05) is 24.1 Å². The van der Waals surface area contributed by atoms with Gasteiger partial charge in [0.1, 0.15) is 5.52 Å². The second kappa shape index (κ2) is 8.56. The summed E-state index contributed by atoms with van der Waals surface area (Å²) in [5.74, 6) is 0.841. The van der Waals surface area contributed by atoms with Crippen LogP contribution >= 0.6 is 11.3 Å². The van der Waals surface area contributed by atoms with E-state index in [-0.39, 0.29) is 23.2 Å². The molecule has 0 radical (unpaired) electrons. The number of carbonyl (C=O) groups excluding carboxylic acids is 1. The van der Waals surface area contributed by atoms with Gasteiger partial charge in [0.25, 0.3) is 0 Å². The fourth-order valence-electron chi connectivity index (χ4n) is 2.74. The van der Waals surface area contributed by atoms with E-state index in [4.69, 9.17) is 9.47 Å². The third-order valence-electron chi connectivity index (χ3n) is 4.00. The number of amides is 1. The zero-order chi connectivity index (χ0) is 18.5. The quantitative estimate of drug-likeness (QED) is 0.524. The summed E-state index contributed by atoms with van der Waals surface area (Å²) in [4.78, 5) is 24.1. The van der Waals surface area contributed by atoms with Crippen LogP contribution in [0.2, 0.25) is 0 Å². The van der Waals surface area contributed by atoms with Crippen molar-refractivity contribution in [3.05, 3.63) is 12.1 Å². The predicted octanol–water partition coefficient (Wildman–Crippen LogP) is 2.58. The number of ether oxygens (including phenoxy) is 2. The molecule has 2 aromatic rings. The highest BCUT2D eigenvalue weighted by molar-refractivity contribution is 7.19. The Balaban J connectivity index is 1.39. The van der Waals surface area contributed by atoms with Gasteiger partial charge in [0.15, 0.2) is 4.83 Å². The van der Waals surface area contributed by atoms with E-state index < -0.39 is 0 Å². The minimum Gasteiger partial charge on any atom is -0.477 e. The molecule has 1 aliphatic rings. The Bertz CT molecular complexity index is 753. The van der Waals surface area contributed by atoms with Gasteiger partial charge < -0.3 is 14.8 Å². The van der Waals surface area contributed by atoms with Crippen LogP contribution in [-0.2, 0) is 14.6 Å². The number of carbonyl (C=O) groups is 1. The Kier molecular flexibility index (Phi) is 6.17. The molecule has 1 saturated carbocycles. The highest BCUT2D eigenvalue weighted by Crippen LogP contribution is 2.32. The number of thiazole rings is 1. The largest absolute Gasteiger partial charge is 0.477 e. The lowest BCUT2D eigenvalue weighted by Gasteiger charge is -2.35. The van der Waals surface area contributed by atoms with Gasteiger partial charge in [-0.1, -0.05) is 11.3 Å². The predicted molar refractivity (Wildman–Crippen MR) is 91.5 cm³/mol. The van der Waals surface area contributed by atoms with E-state index >= 15 is 0 Å². The van der Waals surface area contributed by atoms with Crippen LogP contribution in [0.25, 0.3) is 10.3 Å². The standard InChI is InChI=1S/C16H20FN3O5S/c1-9(18-10(2)21)7-22-12-5-11(6-12)8-23-14-4-3-13-15(20-14)26-16(19-13)24-25-17/h3-4,9,11-12H,5-8H2,1-2H3,(H,18,21)/t9-,11-,12-/m0/s1. The topological polar surface area (TPSA) is 91.8 Å². The zero-order valence-corrected chi connectivity index (χ0v) is 15.3. The lowest BCUT2D eigenvalue weighted by molar-refractivity contribution is -0.367. The Hall–Kier alpha value is -2.04. The Morgan fingerprint density at radius 3 is 2.96 bits per heavy atom. The average molecular weight is 385 g/mol. The minimum atomic E-state index is -0.0534. The Morgan fingerprint density at radius 1 is 1.42 bits per heavy atom. The van der Waals surface area contributed by atoms with Gasteiger partial charge in [-0.15, -0.1) is 0 Å². The van der Waals surface area contributed by atoms with Gasteiger partial charge in [-0.2, -0.15) is 4.98 Å². The van der Waals surface area contributed by atoms with E-state index in [1.165, 1.54) is 6.92 Å². The SMILES string of the molecule is CC(=O)N[C@@H](C)CO[C@H]1C[C@H](COc2ccc3nc(OOF)sc3n2)C1. The highest BCUT2D eigenvalue weighted by atomic mass is 32.1. The molecule has 142 valence electrons. The lowest BCUT2D eigenvalue weighted by atomic mass is 9.83. The molecule has 1 atom stereocenters. The van der Waals surface area contributed by atoms with Crippen LogP contribution in [0, 0.1) is 5.92 Å². The monoisotopic (exact) mass is 385 g/mol. The zero-order valence-electron chi connectivity index (χ0n) is 14.4. The number of fused-ring (bicyclic) bond motifs is 1. The van der Waals surface area contributed by atoms with Crippen molar-refractivity contribution in [1.82, 2.24) is 15.3 Å². The maximum Gasteiger partial charge on any atom is 0.319 e. The summed E-state index contributed by atoms with van der Waals surface area (Å²) in [5.41, 5.74) is 0.583. The van der Waals surface area contributed by atoms with E-state index in [1.54, 1.807) is 12.1 Å². The molecule has 1 N–H and O–H groups in total. The van der Waals surface area contributed by atoms with Crippen molar-refractivity contribution in [1.29, 1.82) is 0 Å². The molecule has 0 aliphatic heterocycles. The van der Waals surface area contributed by atoms with E-state index in [0.29, 0.717) is 35.4 Å². The van der Waals surface area contributed by atoms with Crippen molar-refractivity contribution in [2.24, 2.45) is 5.92 Å². The van der Waals surface area contributed by atoms with Gasteiger partial charge in [-0.3, -0.25) is 9.68 Å². The van der Waals surface area contributed by atoms with Gasteiger partial charge >= 0.3 is 5.19 Å². The number of halogens is 1. The van der Waals surface area contributed by atoms with Crippen molar-refractivity contribution in [2.75, 3.05) is 13.2 Å². The first-order valence-electron chi connectivity index (χ1n) is 8.28. The van der Waals surface area contributed by atoms with E-state index in [9.17, 15) is 9.32 Å². The first kappa shape index (κ1) is 18.7. The number of pyridine rings is 1. The molecule has 3 rings (SSSR count). The number of nitrogens with one attached hydrogen (secondary N) is 1. The summed E-state index contributed by atoms with van der Waals surface area (Å²) >= 11 is 1.06. The molecule has 0 spiro atoms. The second-order valence-electron chi connectivity index (χ2n) is 6.31. The Labute approximate surface area is 153 Å². The molecule has 0 bridgehead atoms. The van der Waals surface area contributed by atoms with Crippen molar-refractivity contribution in [2.45, 2.75) is 38.8 Å². The molecule has 0 saturated heterocycles. The maximum atomic E-state index is 11.7. The first-order chi connectivity index (χ1) is 12.5. The summed E-state index contributed by atoms with van der Waals surface area (Å²) in [6.45, 7) is 4.47. The van der Waals surface area contributed by atoms with Crippen LogP contribution in [0.4, 0.5) is 4.53 Å². The van der Waals surface area contributed by atoms with Crippen LogP contribution in [0.5, 0.6) is 11.1 Å². The molecule has 0 aromatic carbocycles. The van der Waals surface area contributed by atoms with Gasteiger partial charge in [0.05, 0.1) is 19.3 Å². The summed E-state index contributed by atoms with van der Waals surface area (Å²) in [5, 5.41) is 5.94. The lowest BCUT2D eigenvalue weighted by Crippen LogP contribution is -2.40. The molecule has 26 heavy (non-hydrogen) atoms. The van der Waals surface area contributed by atoms with E-state index in [2.05, 4.69) is 25.3 Å². The van der Waals surface area contributed by atoms with Crippen LogP contribution in [-0.4, -0.2) is 41.2 Å². The van der Waals surface area contributed by atoms with Crippen LogP contribution in [0.1, 0.15) is 26.7 Å². The van der Waals surface area contributed by atoms with Crippen LogP contribution in [0.15, 0.2) is 12.1 Å². The average Bonchev–Trinajstić information content (AvgIpc) is 2.94. The first-order valence-corrected chi connectivity index (χ1v) is 9.09. The smallest absolute Gasteiger partial charge is 0.319 e. The third kappa shape index (κ3) is 4.99. The number of hydrogen-bond acceptors (Lipinski definition) is 8. The van der Waals surface area contributed by atoms with E-state index in [0.717, 1.165) is 24.2 Å². The van der Waals surface area contributed by atoms with Gasteiger partial charge in [-0.05, 0) is 36.3 Å². The normalized spacial score (nSPS) is 20.4. The summed E-state index contributed by atoms with van der Waals surface area (Å²) in [6.07, 6.45) is 2.04. The van der Waals surface area contributed by atoms with E-state index in [1.807, 2.05) is 6.92 Å². The fraction of sp³-hybridized carbons (Fsp3) is 0.562. The van der Waals surface area contributed by atoms with Crippen molar-refractivity contribution >= 4 is 27.6 Å². The third-order valence-corrected chi connectivity index (χ3v) is 4.83. The fourth-order valence-corrected chi connectivity index (χ4v) is 3.47. The van der Waals surface area contributed by atoms with Crippen LogP contribution < -0.4 is 14.9 Å². The second-order valence-corrected chi connectivity index (χ2v) is 7.25. The molecule has 0 unspecified atom stereocenters. The molecule has 1 amide bonds. The number of rotatable bonds is 9. The van der Waals surface area contributed by atoms with Crippen molar-refractivity contribution in [3.8, 4) is 11.1 Å². The number of aromatic nitrogens is 2. The molecule has 8 nitrogen and oxygen atoms in total. The Morgan fingerprint density at radius 2 is 2.23 bits per heavy atom. The maximum absolute atomic E-state index is 11.7. The highest BCUT2D eigenvalue weighted by Gasteiger charge is 2.30. The molecule has 2 heterocycles. The molecule has 2 aromatic heterocycles. The van der Waals surface area contributed by atoms with Crippen molar-refractivity contribution < 1.29 is 28.8 Å². The summed E-state index contributed by atoms with van der Waals surface area (Å²) in [7, 11) is 0. The molecule has 1 aliphatic carbocycles. The number of nitrogens with zero attached hydrogens (tertiary/aromatic N) is 2. The van der Waals surface area contributed by atoms with Gasteiger partial charge in [-0.25, -0.2) is 4.98 Å². The molecular formula is C16H20FN3O5S.